The van der Waals surface area contributed by atoms with Crippen molar-refractivity contribution in [1.82, 2.24) is 5.32 Å². The van der Waals surface area contributed by atoms with Gasteiger partial charge in [-0.1, -0.05) is 18.2 Å². The van der Waals surface area contributed by atoms with Crippen LogP contribution in [-0.4, -0.2) is 37.8 Å². The Morgan fingerprint density at radius 2 is 2.18 bits per heavy atom. The first kappa shape index (κ1) is 12.0. The molecule has 0 aromatic rings. The van der Waals surface area contributed by atoms with Crippen LogP contribution >= 0.6 is 0 Å². The fourth-order valence-electron chi connectivity index (χ4n) is 2.18. The fourth-order valence-corrected chi connectivity index (χ4v) is 2.18. The summed E-state index contributed by atoms with van der Waals surface area (Å²) in [6.07, 6.45) is 6.38. The SMILES string of the molecule is COC1(OC)NCC(C(=O)O)=C2C=CCC=C21. The molecule has 2 aliphatic rings. The minimum atomic E-state index is -1.04. The highest BCUT2D eigenvalue weighted by Crippen LogP contribution is 2.35. The molecule has 0 saturated carbocycles. The number of hydrogen-bond acceptors (Lipinski definition) is 4. The van der Waals surface area contributed by atoms with Gasteiger partial charge >= 0.3 is 5.97 Å². The summed E-state index contributed by atoms with van der Waals surface area (Å²) in [7, 11) is 3.05. The van der Waals surface area contributed by atoms with E-state index in [1.165, 1.54) is 14.2 Å². The Morgan fingerprint density at radius 1 is 1.47 bits per heavy atom. The molecule has 2 N–H and O–H groups in total. The minimum absolute atomic E-state index is 0.202. The number of fused-ring (bicyclic) bond motifs is 1. The van der Waals surface area contributed by atoms with E-state index < -0.39 is 11.9 Å². The first-order valence-corrected chi connectivity index (χ1v) is 5.34. The average Bonchev–Trinajstić information content (AvgIpc) is 2.37. The van der Waals surface area contributed by atoms with E-state index in [-0.39, 0.29) is 6.54 Å². The summed E-state index contributed by atoms with van der Waals surface area (Å²) in [5, 5.41) is 12.1. The molecule has 5 nitrogen and oxygen atoms in total. The van der Waals surface area contributed by atoms with Gasteiger partial charge in [0.1, 0.15) is 0 Å². The van der Waals surface area contributed by atoms with Crippen LogP contribution in [-0.2, 0) is 14.3 Å². The molecule has 0 spiro atoms. The zero-order valence-corrected chi connectivity index (χ0v) is 9.82. The maximum atomic E-state index is 11.2. The van der Waals surface area contributed by atoms with E-state index in [9.17, 15) is 4.79 Å². The van der Waals surface area contributed by atoms with Crippen LogP contribution < -0.4 is 5.32 Å². The monoisotopic (exact) mass is 237 g/mol. The molecule has 0 aromatic heterocycles. The Balaban J connectivity index is 2.53. The number of nitrogens with one attached hydrogen (secondary N) is 1. The molecule has 1 aliphatic carbocycles. The Morgan fingerprint density at radius 3 is 2.76 bits per heavy atom. The molecule has 92 valence electrons. The van der Waals surface area contributed by atoms with Crippen molar-refractivity contribution in [1.29, 1.82) is 0 Å². The average molecular weight is 237 g/mol. The van der Waals surface area contributed by atoms with Crippen molar-refractivity contribution >= 4 is 5.97 Å². The molecular weight excluding hydrogens is 222 g/mol. The largest absolute Gasteiger partial charge is 0.478 e. The van der Waals surface area contributed by atoms with Gasteiger partial charge in [-0.25, -0.2) is 4.79 Å². The first-order valence-electron chi connectivity index (χ1n) is 5.34. The number of carboxylic acids is 1. The topological polar surface area (TPSA) is 67.8 Å². The highest BCUT2D eigenvalue weighted by molar-refractivity contribution is 5.90. The standard InChI is InChI=1S/C12H15NO4/c1-16-12(17-2)10-6-4-3-5-8(10)9(7-13-12)11(14)15/h3,5-6,13H,4,7H2,1-2H3,(H,14,15). The van der Waals surface area contributed by atoms with Gasteiger partial charge in [0.2, 0.25) is 0 Å². The molecule has 5 heteroatoms. The lowest BCUT2D eigenvalue weighted by Crippen LogP contribution is -2.54. The summed E-state index contributed by atoms with van der Waals surface area (Å²) in [5.74, 6) is -1.97. The van der Waals surface area contributed by atoms with Gasteiger partial charge < -0.3 is 14.6 Å². The number of allylic oxidation sites excluding steroid dienone is 3. The summed E-state index contributed by atoms with van der Waals surface area (Å²) in [5.41, 5.74) is 1.73. The van der Waals surface area contributed by atoms with Crippen molar-refractivity contribution in [2.75, 3.05) is 20.8 Å². The molecule has 0 saturated heterocycles. The molecule has 0 atom stereocenters. The minimum Gasteiger partial charge on any atom is -0.478 e. The molecule has 1 aliphatic heterocycles. The second-order valence-electron chi connectivity index (χ2n) is 3.83. The van der Waals surface area contributed by atoms with Gasteiger partial charge in [0.05, 0.1) is 5.57 Å². The van der Waals surface area contributed by atoms with Crippen molar-refractivity contribution in [3.8, 4) is 0 Å². The summed E-state index contributed by atoms with van der Waals surface area (Å²) in [6.45, 7) is 0.202. The summed E-state index contributed by atoms with van der Waals surface area (Å²) in [4.78, 5) is 11.2. The zero-order chi connectivity index (χ0) is 12.5. The van der Waals surface area contributed by atoms with E-state index in [0.29, 0.717) is 11.1 Å². The van der Waals surface area contributed by atoms with Gasteiger partial charge in [-0.15, -0.1) is 0 Å². The number of rotatable bonds is 3. The van der Waals surface area contributed by atoms with E-state index in [4.69, 9.17) is 14.6 Å². The van der Waals surface area contributed by atoms with Crippen LogP contribution in [0.5, 0.6) is 0 Å². The summed E-state index contributed by atoms with van der Waals surface area (Å²) >= 11 is 0. The molecule has 17 heavy (non-hydrogen) atoms. The Labute approximate surface area is 99.4 Å². The van der Waals surface area contributed by atoms with Gasteiger partial charge in [-0.3, -0.25) is 5.32 Å². The third-order valence-electron chi connectivity index (χ3n) is 3.04. The van der Waals surface area contributed by atoms with Gasteiger partial charge in [0.15, 0.2) is 0 Å². The predicted octanol–water partition coefficient (Wildman–Crippen LogP) is 0.804. The molecule has 0 bridgehead atoms. The van der Waals surface area contributed by atoms with Crippen LogP contribution in [0.2, 0.25) is 0 Å². The molecule has 0 aromatic carbocycles. The molecule has 0 amide bonds. The van der Waals surface area contributed by atoms with E-state index in [0.717, 1.165) is 12.0 Å². The van der Waals surface area contributed by atoms with E-state index in [1.54, 1.807) is 0 Å². The highest BCUT2D eigenvalue weighted by Gasteiger charge is 2.41. The third kappa shape index (κ3) is 1.82. The van der Waals surface area contributed by atoms with Crippen LogP contribution in [0.1, 0.15) is 6.42 Å². The zero-order valence-electron chi connectivity index (χ0n) is 9.82. The normalized spacial score (nSPS) is 22.1. The van der Waals surface area contributed by atoms with E-state index in [1.807, 2.05) is 18.2 Å². The number of carbonyl (C=O) groups is 1. The van der Waals surface area contributed by atoms with Gasteiger partial charge in [0, 0.05) is 26.3 Å². The van der Waals surface area contributed by atoms with Crippen LogP contribution in [0.15, 0.2) is 34.9 Å². The molecule has 0 fully saturated rings. The lowest BCUT2D eigenvalue weighted by Gasteiger charge is -2.39. The number of ether oxygens (including phenoxy) is 2. The van der Waals surface area contributed by atoms with Gasteiger partial charge in [-0.2, -0.15) is 0 Å². The third-order valence-corrected chi connectivity index (χ3v) is 3.04. The van der Waals surface area contributed by atoms with Gasteiger partial charge in [0.25, 0.3) is 5.91 Å². The van der Waals surface area contributed by atoms with Gasteiger partial charge in [-0.05, 0) is 12.0 Å². The second-order valence-corrected chi connectivity index (χ2v) is 3.83. The van der Waals surface area contributed by atoms with Crippen molar-refractivity contribution in [3.63, 3.8) is 0 Å². The maximum absolute atomic E-state index is 11.2. The van der Waals surface area contributed by atoms with Crippen molar-refractivity contribution in [2.45, 2.75) is 12.3 Å². The Bertz CT molecular complexity index is 430. The summed E-state index contributed by atoms with van der Waals surface area (Å²) < 4.78 is 10.7. The lowest BCUT2D eigenvalue weighted by atomic mass is 9.88. The molecule has 1 heterocycles. The van der Waals surface area contributed by atoms with Crippen LogP contribution in [0.3, 0.4) is 0 Å². The number of aliphatic carboxylic acids is 1. The molecule has 2 rings (SSSR count). The second kappa shape index (κ2) is 4.44. The maximum Gasteiger partial charge on any atom is 0.333 e. The molecule has 0 unspecified atom stereocenters. The van der Waals surface area contributed by atoms with Crippen LogP contribution in [0.4, 0.5) is 0 Å². The molecule has 0 radical (unpaired) electrons. The first-order chi connectivity index (χ1) is 8.14. The fraction of sp³-hybridized carbons (Fsp3) is 0.417. The predicted molar refractivity (Wildman–Crippen MR) is 61.3 cm³/mol. The Hall–Kier alpha value is -1.43. The number of hydrogen-bond donors (Lipinski definition) is 2. The smallest absolute Gasteiger partial charge is 0.333 e. The van der Waals surface area contributed by atoms with Crippen molar-refractivity contribution < 1.29 is 19.4 Å². The van der Waals surface area contributed by atoms with E-state index >= 15 is 0 Å². The summed E-state index contributed by atoms with van der Waals surface area (Å²) in [6, 6.07) is 0. The highest BCUT2D eigenvalue weighted by atomic mass is 16.7. The van der Waals surface area contributed by atoms with Crippen LogP contribution in [0, 0.1) is 0 Å². The quantitative estimate of drug-likeness (QED) is 0.711. The van der Waals surface area contributed by atoms with Crippen LogP contribution in [0.25, 0.3) is 0 Å². The van der Waals surface area contributed by atoms with E-state index in [2.05, 4.69) is 5.32 Å². The number of carboxylic acid groups (broad SMARTS) is 1. The van der Waals surface area contributed by atoms with Crippen molar-refractivity contribution in [2.24, 2.45) is 0 Å². The Kier molecular flexibility index (Phi) is 3.15. The molecular formula is C12H15NO4. The van der Waals surface area contributed by atoms with Crippen molar-refractivity contribution in [3.05, 3.63) is 34.9 Å². The lowest BCUT2D eigenvalue weighted by molar-refractivity contribution is -0.199. The number of methoxy groups -OCH3 is 2.